The van der Waals surface area contributed by atoms with Crippen molar-refractivity contribution in [2.45, 2.75) is 25.3 Å². The molecule has 1 saturated heterocycles. The Kier molecular flexibility index (Phi) is 2.67. The number of rotatable bonds is 2. The number of benzene rings is 1. The highest BCUT2D eigenvalue weighted by atomic mass is 16.5. The van der Waals surface area contributed by atoms with Crippen molar-refractivity contribution in [3.63, 3.8) is 0 Å². The van der Waals surface area contributed by atoms with Crippen LogP contribution in [0.5, 0.6) is 5.75 Å². The van der Waals surface area contributed by atoms with Crippen LogP contribution < -0.4 is 15.8 Å². The van der Waals surface area contributed by atoms with Gasteiger partial charge in [0.25, 0.3) is 0 Å². The molecule has 6 nitrogen and oxygen atoms in total. The van der Waals surface area contributed by atoms with Gasteiger partial charge in [-0.05, 0) is 38.4 Å². The number of aromatic amines is 1. The maximum Gasteiger partial charge on any atom is 0.410 e. The summed E-state index contributed by atoms with van der Waals surface area (Å²) in [6.45, 7) is 3.10. The van der Waals surface area contributed by atoms with E-state index in [4.69, 9.17) is 10.5 Å². The van der Waals surface area contributed by atoms with E-state index in [-0.39, 0.29) is 5.54 Å². The molecule has 4 N–H and O–H groups in total. The van der Waals surface area contributed by atoms with E-state index in [0.717, 1.165) is 30.7 Å². The molecule has 0 spiro atoms. The Labute approximate surface area is 110 Å². The number of H-pyrrole nitrogens is 1. The molecule has 19 heavy (non-hydrogen) atoms. The monoisotopic (exact) mass is 260 g/mol. The SMILES string of the molecule is C[C@]1(c2nc3c(OC(N)=O)cccc3[nH]2)CCCN1. The average Bonchev–Trinajstić information content (AvgIpc) is 2.96. The molecule has 0 unspecified atom stereocenters. The molecule has 1 aromatic carbocycles. The molecule has 1 aliphatic heterocycles. The zero-order chi connectivity index (χ0) is 13.5. The van der Waals surface area contributed by atoms with Crippen molar-refractivity contribution in [2.75, 3.05) is 6.54 Å². The number of carbonyl (C=O) groups excluding carboxylic acids is 1. The number of amides is 1. The van der Waals surface area contributed by atoms with Gasteiger partial charge in [-0.25, -0.2) is 9.78 Å². The average molecular weight is 260 g/mol. The lowest BCUT2D eigenvalue weighted by atomic mass is 10.00. The Bertz CT molecular complexity index is 629. The Morgan fingerprint density at radius 2 is 2.37 bits per heavy atom. The lowest BCUT2D eigenvalue weighted by Crippen LogP contribution is -2.34. The van der Waals surface area contributed by atoms with Crippen molar-refractivity contribution in [1.29, 1.82) is 0 Å². The van der Waals surface area contributed by atoms with Crippen LogP contribution in [-0.2, 0) is 5.54 Å². The fourth-order valence-electron chi connectivity index (χ4n) is 2.55. The number of nitrogens with one attached hydrogen (secondary N) is 2. The van der Waals surface area contributed by atoms with Gasteiger partial charge in [0.2, 0.25) is 0 Å². The largest absolute Gasteiger partial charge is 0.410 e. The van der Waals surface area contributed by atoms with Gasteiger partial charge in [-0.1, -0.05) is 6.07 Å². The predicted molar refractivity (Wildman–Crippen MR) is 70.9 cm³/mol. The van der Waals surface area contributed by atoms with Gasteiger partial charge in [-0.3, -0.25) is 0 Å². The second-order valence-corrected chi connectivity index (χ2v) is 5.02. The summed E-state index contributed by atoms with van der Waals surface area (Å²) in [5.41, 5.74) is 6.38. The number of imidazole rings is 1. The summed E-state index contributed by atoms with van der Waals surface area (Å²) in [6.07, 6.45) is 1.32. The molecule has 2 aromatic rings. The molecule has 100 valence electrons. The number of hydrogen-bond acceptors (Lipinski definition) is 4. The number of nitrogens with two attached hydrogens (primary N) is 1. The molecule has 1 aromatic heterocycles. The summed E-state index contributed by atoms with van der Waals surface area (Å²) in [6, 6.07) is 5.38. The Hall–Kier alpha value is -2.08. The van der Waals surface area contributed by atoms with Gasteiger partial charge >= 0.3 is 6.09 Å². The van der Waals surface area contributed by atoms with E-state index >= 15 is 0 Å². The zero-order valence-corrected chi connectivity index (χ0v) is 10.7. The van der Waals surface area contributed by atoms with Crippen molar-refractivity contribution < 1.29 is 9.53 Å². The van der Waals surface area contributed by atoms with Gasteiger partial charge in [0.15, 0.2) is 5.75 Å². The van der Waals surface area contributed by atoms with Crippen LogP contribution in [0.15, 0.2) is 18.2 Å². The molecule has 0 radical (unpaired) electrons. The Morgan fingerprint density at radius 1 is 1.53 bits per heavy atom. The molecule has 6 heteroatoms. The summed E-state index contributed by atoms with van der Waals surface area (Å²) < 4.78 is 4.97. The van der Waals surface area contributed by atoms with E-state index in [1.165, 1.54) is 0 Å². The molecule has 1 fully saturated rings. The van der Waals surface area contributed by atoms with Crippen LogP contribution in [0.2, 0.25) is 0 Å². The smallest absolute Gasteiger partial charge is 0.408 e. The molecular weight excluding hydrogens is 244 g/mol. The fourth-order valence-corrected chi connectivity index (χ4v) is 2.55. The number of primary amides is 1. The molecule has 1 atom stereocenters. The van der Waals surface area contributed by atoms with E-state index in [1.54, 1.807) is 12.1 Å². The minimum Gasteiger partial charge on any atom is -0.408 e. The highest BCUT2D eigenvalue weighted by molar-refractivity contribution is 5.84. The topological polar surface area (TPSA) is 93.0 Å². The first-order chi connectivity index (χ1) is 9.08. The van der Waals surface area contributed by atoms with Crippen LogP contribution in [-0.4, -0.2) is 22.6 Å². The molecule has 1 amide bonds. The number of carbonyl (C=O) groups is 1. The molecule has 0 bridgehead atoms. The van der Waals surface area contributed by atoms with Gasteiger partial charge in [0, 0.05) is 0 Å². The lowest BCUT2D eigenvalue weighted by Gasteiger charge is -2.21. The Balaban J connectivity index is 2.07. The minimum absolute atomic E-state index is 0.150. The maximum atomic E-state index is 10.9. The van der Waals surface area contributed by atoms with Crippen molar-refractivity contribution in [3.05, 3.63) is 24.0 Å². The molecule has 0 saturated carbocycles. The third-order valence-electron chi connectivity index (χ3n) is 3.58. The minimum atomic E-state index is -0.831. The molecule has 2 heterocycles. The normalized spacial score (nSPS) is 22.8. The van der Waals surface area contributed by atoms with Gasteiger partial charge in [-0.2, -0.15) is 0 Å². The summed E-state index contributed by atoms with van der Waals surface area (Å²) in [7, 11) is 0. The molecular formula is C13H16N4O2. The van der Waals surface area contributed by atoms with Crippen LogP contribution >= 0.6 is 0 Å². The number of fused-ring (bicyclic) bond motifs is 1. The number of aromatic nitrogens is 2. The first kappa shape index (κ1) is 12.0. The van der Waals surface area contributed by atoms with Crippen molar-refractivity contribution in [2.24, 2.45) is 5.73 Å². The van der Waals surface area contributed by atoms with Crippen LogP contribution in [0.3, 0.4) is 0 Å². The van der Waals surface area contributed by atoms with E-state index < -0.39 is 6.09 Å². The van der Waals surface area contributed by atoms with Gasteiger partial charge in [0.1, 0.15) is 11.3 Å². The van der Waals surface area contributed by atoms with Crippen LogP contribution in [0.4, 0.5) is 4.79 Å². The second-order valence-electron chi connectivity index (χ2n) is 5.02. The second kappa shape index (κ2) is 4.24. The fraction of sp³-hybridized carbons (Fsp3) is 0.385. The molecule has 3 rings (SSSR count). The van der Waals surface area contributed by atoms with E-state index in [9.17, 15) is 4.79 Å². The molecule has 1 aliphatic rings. The van der Waals surface area contributed by atoms with Gasteiger partial charge < -0.3 is 20.8 Å². The first-order valence-corrected chi connectivity index (χ1v) is 6.30. The predicted octanol–water partition coefficient (Wildman–Crippen LogP) is 1.62. The van der Waals surface area contributed by atoms with Crippen molar-refractivity contribution >= 4 is 17.1 Å². The number of para-hydroxylation sites is 1. The van der Waals surface area contributed by atoms with Crippen LogP contribution in [0.25, 0.3) is 11.0 Å². The summed E-state index contributed by atoms with van der Waals surface area (Å²) in [5, 5.41) is 3.44. The maximum absolute atomic E-state index is 10.9. The van der Waals surface area contributed by atoms with E-state index in [2.05, 4.69) is 22.2 Å². The highest BCUT2D eigenvalue weighted by Gasteiger charge is 2.33. The first-order valence-electron chi connectivity index (χ1n) is 6.30. The lowest BCUT2D eigenvalue weighted by molar-refractivity contribution is 0.211. The third-order valence-corrected chi connectivity index (χ3v) is 3.58. The number of ether oxygens (including phenoxy) is 1. The van der Waals surface area contributed by atoms with Gasteiger partial charge in [-0.15, -0.1) is 0 Å². The third kappa shape index (κ3) is 2.04. The summed E-state index contributed by atoms with van der Waals surface area (Å²) in [4.78, 5) is 18.7. The van der Waals surface area contributed by atoms with Crippen LogP contribution in [0.1, 0.15) is 25.6 Å². The number of hydrogen-bond donors (Lipinski definition) is 3. The van der Waals surface area contributed by atoms with E-state index in [1.807, 2.05) is 6.07 Å². The van der Waals surface area contributed by atoms with Crippen LogP contribution in [0, 0.1) is 0 Å². The van der Waals surface area contributed by atoms with Crippen molar-refractivity contribution in [1.82, 2.24) is 15.3 Å². The zero-order valence-electron chi connectivity index (χ0n) is 10.7. The summed E-state index contributed by atoms with van der Waals surface area (Å²) in [5.74, 6) is 1.25. The van der Waals surface area contributed by atoms with Gasteiger partial charge in [0.05, 0.1) is 11.1 Å². The number of nitrogens with zero attached hydrogens (tertiary/aromatic N) is 1. The summed E-state index contributed by atoms with van der Waals surface area (Å²) >= 11 is 0. The van der Waals surface area contributed by atoms with Crippen molar-refractivity contribution in [3.8, 4) is 5.75 Å². The molecule has 0 aliphatic carbocycles. The quantitative estimate of drug-likeness (QED) is 0.765. The highest BCUT2D eigenvalue weighted by Crippen LogP contribution is 2.32. The van der Waals surface area contributed by atoms with E-state index in [0.29, 0.717) is 11.3 Å². The Morgan fingerprint density at radius 3 is 3.05 bits per heavy atom. The standard InChI is InChI=1S/C13H16N4O2/c1-13(6-3-7-15-13)11-16-8-4-2-5-9(10(8)17-11)19-12(14)18/h2,4-5,15H,3,6-7H2,1H3,(H2,14,18)(H,16,17)/t13-/m1/s1.